The highest BCUT2D eigenvalue weighted by Gasteiger charge is 2.42. The number of hydrogen-bond donors (Lipinski definition) is 5. The van der Waals surface area contributed by atoms with Crippen molar-refractivity contribution in [1.29, 1.82) is 0 Å². The Balaban J connectivity index is 0.691. The van der Waals surface area contributed by atoms with E-state index < -0.39 is 17.7 Å². The first-order valence-electron chi connectivity index (χ1n) is 25.9. The minimum atomic E-state index is -2.02. The van der Waals surface area contributed by atoms with E-state index in [1.165, 1.54) is 17.7 Å². The molecule has 9 rings (SSSR count). The summed E-state index contributed by atoms with van der Waals surface area (Å²) < 4.78 is 12.3. The van der Waals surface area contributed by atoms with Crippen LogP contribution in [0, 0.1) is 17.8 Å². The van der Waals surface area contributed by atoms with Crippen molar-refractivity contribution in [1.82, 2.24) is 25.0 Å². The Kier molecular flexibility index (Phi) is 16.7. The number of carbonyl (C=O) groups is 3. The average molecular weight is 990 g/mol. The van der Waals surface area contributed by atoms with Crippen molar-refractivity contribution in [3.63, 3.8) is 0 Å². The number of H-pyrrole nitrogens is 1. The fraction of sp³-hybridized carbons (Fsp3) is 0.390. The molecule has 2 amide bonds. The third kappa shape index (κ3) is 12.5. The maximum atomic E-state index is 14.0. The van der Waals surface area contributed by atoms with E-state index in [0.717, 1.165) is 50.9 Å². The lowest BCUT2D eigenvalue weighted by Crippen LogP contribution is -2.47. The average Bonchev–Trinajstić information content (AvgIpc) is 3.44. The second-order valence-electron chi connectivity index (χ2n) is 20.0. The second-order valence-corrected chi connectivity index (χ2v) is 20.0. The number of phenols is 1. The van der Waals surface area contributed by atoms with Crippen LogP contribution >= 0.6 is 0 Å². The van der Waals surface area contributed by atoms with Crippen molar-refractivity contribution >= 4 is 28.7 Å². The van der Waals surface area contributed by atoms with E-state index in [2.05, 4.69) is 39.5 Å². The number of nitrogens with one attached hydrogen (secondary N) is 2. The number of ether oxygens (including phenoxy) is 2. The predicted molar refractivity (Wildman–Crippen MR) is 279 cm³/mol. The fourth-order valence-electron chi connectivity index (χ4n) is 10.6. The van der Waals surface area contributed by atoms with Crippen LogP contribution in [0.25, 0.3) is 10.9 Å². The van der Waals surface area contributed by atoms with E-state index in [4.69, 9.17) is 9.47 Å². The zero-order chi connectivity index (χ0) is 50.7. The van der Waals surface area contributed by atoms with Crippen LogP contribution < -0.4 is 15.6 Å². The molecule has 5 aromatic carbocycles. The van der Waals surface area contributed by atoms with E-state index in [-0.39, 0.29) is 54.0 Å². The number of aromatic hydroxyl groups is 1. The first-order valence-corrected chi connectivity index (χ1v) is 25.9. The summed E-state index contributed by atoms with van der Waals surface area (Å²) in [6.07, 6.45) is 4.49. The van der Waals surface area contributed by atoms with Gasteiger partial charge < -0.3 is 44.9 Å². The van der Waals surface area contributed by atoms with Crippen LogP contribution in [-0.4, -0.2) is 118 Å². The number of rotatable bonds is 18. The number of likely N-dealkylation sites (tertiary alicyclic amines) is 3. The highest BCUT2D eigenvalue weighted by molar-refractivity contribution is 5.94. The van der Waals surface area contributed by atoms with Gasteiger partial charge in [0.2, 0.25) is 17.1 Å². The third-order valence-electron chi connectivity index (χ3n) is 15.1. The molecular weight excluding hydrogens is 923 g/mol. The molecule has 0 aliphatic carbocycles. The lowest BCUT2D eigenvalue weighted by molar-refractivity contribution is -0.164. The largest absolute Gasteiger partial charge is 0.506 e. The number of aromatic nitrogens is 1. The monoisotopic (exact) mass is 989 g/mol. The number of piperidine rings is 3. The number of aromatic amines is 1. The molecule has 3 aliphatic heterocycles. The molecule has 382 valence electrons. The van der Waals surface area contributed by atoms with Gasteiger partial charge in [0.25, 0.3) is 5.91 Å². The van der Waals surface area contributed by atoms with Crippen LogP contribution in [0.4, 0.5) is 0 Å². The maximum Gasteiger partial charge on any atom is 0.347 e. The lowest BCUT2D eigenvalue weighted by atomic mass is 9.86. The molecule has 0 saturated carbocycles. The van der Waals surface area contributed by atoms with Crippen LogP contribution in [0.15, 0.2) is 138 Å². The van der Waals surface area contributed by atoms with Gasteiger partial charge in [0.1, 0.15) is 11.5 Å². The zero-order valence-corrected chi connectivity index (χ0v) is 41.4. The minimum absolute atomic E-state index is 0.0429. The first-order chi connectivity index (χ1) is 35.5. The third-order valence-corrected chi connectivity index (χ3v) is 15.1. The Morgan fingerprint density at radius 3 is 2.08 bits per heavy atom. The molecule has 3 saturated heterocycles. The number of nitrogens with zero attached hydrogens (tertiary/aromatic N) is 3. The standard InChI is InChI=1S/C59H67N5O9/c65-52-20-18-50(51-19-21-54(67)61-55(51)52)53(66)37-60-29-22-41-14-16-45(17-15-41)56(68)64-34-27-46(28-35-64)57(69)63-32-25-44(26-33-63)39-72-49-13-7-12-48(36-49)59(71,47-10-5-2-6-11-47)58(70)73-40-43-23-30-62(31-24-43)38-42-8-3-1-4-9-42/h1-21,36,43-44,46,53,60,65-66,71H,22-35,37-40H2,(H,61,67)/t53-,59-/m0/s1. The Bertz CT molecular complexity index is 2860. The van der Waals surface area contributed by atoms with Gasteiger partial charge in [-0.2, -0.15) is 0 Å². The zero-order valence-electron chi connectivity index (χ0n) is 41.4. The number of esters is 1. The Morgan fingerprint density at radius 1 is 0.699 bits per heavy atom. The van der Waals surface area contributed by atoms with E-state index in [1.54, 1.807) is 54.6 Å². The summed E-state index contributed by atoms with van der Waals surface area (Å²) >= 11 is 0. The van der Waals surface area contributed by atoms with Gasteiger partial charge in [-0.05, 0) is 135 Å². The van der Waals surface area contributed by atoms with E-state index in [1.807, 2.05) is 52.3 Å². The van der Waals surface area contributed by atoms with Crippen molar-refractivity contribution in [2.24, 2.45) is 17.8 Å². The van der Waals surface area contributed by atoms with Crippen molar-refractivity contribution in [2.75, 3.05) is 65.6 Å². The van der Waals surface area contributed by atoms with Crippen LogP contribution in [0.2, 0.25) is 0 Å². The number of hydrogen-bond acceptors (Lipinski definition) is 11. The van der Waals surface area contributed by atoms with Gasteiger partial charge >= 0.3 is 5.97 Å². The summed E-state index contributed by atoms with van der Waals surface area (Å²) in [5.41, 5.74) is 2.29. The predicted octanol–water partition coefficient (Wildman–Crippen LogP) is 6.96. The summed E-state index contributed by atoms with van der Waals surface area (Å²) in [5, 5.41) is 37.2. The molecule has 2 atom stereocenters. The molecule has 4 heterocycles. The van der Waals surface area contributed by atoms with E-state index >= 15 is 0 Å². The summed E-state index contributed by atoms with van der Waals surface area (Å²) in [4.78, 5) is 61.8. The number of fused-ring (bicyclic) bond motifs is 1. The van der Waals surface area contributed by atoms with Gasteiger partial charge in [-0.25, -0.2) is 4.79 Å². The SMILES string of the molecule is O=C(c1ccc(CCNC[C@H](O)c2ccc(O)c3[nH]c(=O)ccc23)cc1)N1CCC(C(=O)N2CCC(COc3cccc([C@](O)(C(=O)OCC4CCN(Cc5ccccc5)CC4)c4ccccc4)c3)CC2)CC1. The first kappa shape index (κ1) is 51.1. The lowest BCUT2D eigenvalue weighted by Gasteiger charge is -2.37. The number of benzene rings is 5. The summed E-state index contributed by atoms with van der Waals surface area (Å²) in [6, 6.07) is 40.1. The van der Waals surface area contributed by atoms with Gasteiger partial charge in [0.15, 0.2) is 0 Å². The summed E-state index contributed by atoms with van der Waals surface area (Å²) in [5.74, 6) is 0.210. The molecule has 0 spiro atoms. The molecule has 3 aliphatic rings. The molecule has 5 N–H and O–H groups in total. The van der Waals surface area contributed by atoms with Gasteiger partial charge in [-0.1, -0.05) is 91.0 Å². The van der Waals surface area contributed by atoms with E-state index in [9.17, 15) is 34.5 Å². The Morgan fingerprint density at radius 2 is 1.36 bits per heavy atom. The number of phenolic OH excluding ortho intramolecular Hbond substituents is 1. The molecule has 0 unspecified atom stereocenters. The molecule has 3 fully saturated rings. The fourth-order valence-corrected chi connectivity index (χ4v) is 10.6. The number of carbonyl (C=O) groups excluding carboxylic acids is 3. The van der Waals surface area contributed by atoms with Gasteiger partial charge in [0.05, 0.1) is 24.8 Å². The normalized spacial score (nSPS) is 17.5. The Hall–Kier alpha value is -6.84. The summed E-state index contributed by atoms with van der Waals surface area (Å²) in [6.45, 7) is 6.61. The number of amides is 2. The molecule has 14 nitrogen and oxygen atoms in total. The number of aliphatic hydroxyl groups excluding tert-OH is 1. The van der Waals surface area contributed by atoms with Crippen LogP contribution in [-0.2, 0) is 32.9 Å². The summed E-state index contributed by atoms with van der Waals surface area (Å²) in [7, 11) is 0. The van der Waals surface area contributed by atoms with Gasteiger partial charge in [0, 0.05) is 67.8 Å². The van der Waals surface area contributed by atoms with E-state index in [0.29, 0.717) is 97.5 Å². The molecule has 0 radical (unpaired) electrons. The molecule has 1 aromatic heterocycles. The highest BCUT2D eigenvalue weighted by atomic mass is 16.5. The molecule has 0 bridgehead atoms. The van der Waals surface area contributed by atoms with Crippen LogP contribution in [0.3, 0.4) is 0 Å². The smallest absolute Gasteiger partial charge is 0.347 e. The quantitative estimate of drug-likeness (QED) is 0.0443. The molecular formula is C59H67N5O9. The maximum absolute atomic E-state index is 14.0. The molecule has 6 aromatic rings. The highest BCUT2D eigenvalue weighted by Crippen LogP contribution is 2.35. The van der Waals surface area contributed by atoms with Crippen LogP contribution in [0.1, 0.15) is 82.8 Å². The molecule has 73 heavy (non-hydrogen) atoms. The second kappa shape index (κ2) is 23.8. The number of aliphatic hydroxyl groups is 2. The van der Waals surface area contributed by atoms with Gasteiger partial charge in [-0.3, -0.25) is 19.3 Å². The van der Waals surface area contributed by atoms with Crippen molar-refractivity contribution in [3.8, 4) is 11.5 Å². The van der Waals surface area contributed by atoms with Gasteiger partial charge in [-0.15, -0.1) is 0 Å². The Labute approximate surface area is 426 Å². The van der Waals surface area contributed by atoms with Crippen molar-refractivity contribution in [2.45, 2.75) is 63.2 Å². The van der Waals surface area contributed by atoms with Crippen molar-refractivity contribution in [3.05, 3.63) is 177 Å². The molecule has 14 heteroatoms. The topological polar surface area (TPSA) is 185 Å². The van der Waals surface area contributed by atoms with Crippen LogP contribution in [0.5, 0.6) is 11.5 Å². The number of pyridine rings is 1. The minimum Gasteiger partial charge on any atom is -0.506 e. The van der Waals surface area contributed by atoms with Crippen molar-refractivity contribution < 1.29 is 39.2 Å².